The summed E-state index contributed by atoms with van der Waals surface area (Å²) < 4.78 is 6.58. The SMILES string of the molecule is CC[C@H]1CCN(c2cccc3c(Oc4ncccc4-c4ccnc(N[C@H]5CCCNC5)n4)c(C)ccc23)C1=O. The molecular formula is C31H34N6O2. The van der Waals surface area contributed by atoms with Gasteiger partial charge < -0.3 is 20.3 Å². The van der Waals surface area contributed by atoms with Crippen LogP contribution in [0.25, 0.3) is 22.0 Å². The molecule has 0 spiro atoms. The first-order valence-corrected chi connectivity index (χ1v) is 13.9. The van der Waals surface area contributed by atoms with Gasteiger partial charge in [0.25, 0.3) is 0 Å². The van der Waals surface area contributed by atoms with Crippen molar-refractivity contribution in [2.24, 2.45) is 5.92 Å². The molecular weight excluding hydrogens is 488 g/mol. The molecule has 8 nitrogen and oxygen atoms in total. The summed E-state index contributed by atoms with van der Waals surface area (Å²) in [5.41, 5.74) is 3.46. The van der Waals surface area contributed by atoms with Gasteiger partial charge >= 0.3 is 0 Å². The molecule has 4 heterocycles. The van der Waals surface area contributed by atoms with Crippen LogP contribution in [-0.4, -0.2) is 46.5 Å². The number of rotatable bonds is 7. The lowest BCUT2D eigenvalue weighted by Gasteiger charge is -2.23. The Bertz CT molecular complexity index is 1500. The lowest BCUT2D eigenvalue weighted by molar-refractivity contribution is -0.120. The molecule has 0 radical (unpaired) electrons. The van der Waals surface area contributed by atoms with Crippen LogP contribution < -0.4 is 20.3 Å². The summed E-state index contributed by atoms with van der Waals surface area (Å²) in [5, 5.41) is 8.82. The molecule has 2 aliphatic heterocycles. The first-order chi connectivity index (χ1) is 19.1. The van der Waals surface area contributed by atoms with E-state index in [2.05, 4.69) is 33.6 Å². The number of pyridine rings is 1. The zero-order valence-corrected chi connectivity index (χ0v) is 22.5. The summed E-state index contributed by atoms with van der Waals surface area (Å²) in [5.74, 6) is 2.11. The second-order valence-electron chi connectivity index (χ2n) is 10.4. The maximum absolute atomic E-state index is 13.0. The summed E-state index contributed by atoms with van der Waals surface area (Å²) in [6.45, 7) is 6.81. The van der Waals surface area contributed by atoms with Gasteiger partial charge in [0.15, 0.2) is 0 Å². The number of amides is 1. The molecule has 2 aromatic heterocycles. The fourth-order valence-electron chi connectivity index (χ4n) is 5.65. The standard InChI is InChI=1S/C31H34N6O2/c1-3-21-14-18-37(30(21)38)27-10-4-8-24-23(27)12-11-20(2)28(24)39-29-25(9-6-16-33-29)26-13-17-34-31(36-26)35-22-7-5-15-32-19-22/h4,6,8-13,16-17,21-22,32H,3,5,7,14-15,18-19H2,1-2H3,(H,34,35,36)/t21-,22-/m0/s1. The molecule has 2 N–H and O–H groups in total. The predicted molar refractivity (Wildman–Crippen MR) is 154 cm³/mol. The van der Waals surface area contributed by atoms with Crippen molar-refractivity contribution in [3.8, 4) is 22.9 Å². The molecule has 2 saturated heterocycles. The molecule has 8 heteroatoms. The van der Waals surface area contributed by atoms with Gasteiger partial charge in [0.2, 0.25) is 17.7 Å². The minimum atomic E-state index is 0.0964. The van der Waals surface area contributed by atoms with Crippen molar-refractivity contribution in [1.82, 2.24) is 20.3 Å². The van der Waals surface area contributed by atoms with Crippen LogP contribution in [0.3, 0.4) is 0 Å². The molecule has 2 aliphatic rings. The lowest BCUT2D eigenvalue weighted by atomic mass is 10.0. The second-order valence-corrected chi connectivity index (χ2v) is 10.4. The van der Waals surface area contributed by atoms with Crippen molar-refractivity contribution in [3.05, 3.63) is 66.5 Å². The molecule has 0 unspecified atom stereocenters. The molecule has 0 saturated carbocycles. The Labute approximate surface area is 228 Å². The van der Waals surface area contributed by atoms with Crippen molar-refractivity contribution in [2.75, 3.05) is 29.9 Å². The van der Waals surface area contributed by atoms with Gasteiger partial charge in [-0.2, -0.15) is 0 Å². The van der Waals surface area contributed by atoms with E-state index in [1.807, 2.05) is 54.3 Å². The van der Waals surface area contributed by atoms with Crippen LogP contribution in [0.15, 0.2) is 60.9 Å². The van der Waals surface area contributed by atoms with E-state index in [9.17, 15) is 4.79 Å². The minimum Gasteiger partial charge on any atom is -0.437 e. The van der Waals surface area contributed by atoms with Crippen LogP contribution in [0.1, 0.15) is 38.2 Å². The van der Waals surface area contributed by atoms with Gasteiger partial charge in [-0.15, -0.1) is 0 Å². The number of ether oxygens (including phenoxy) is 1. The summed E-state index contributed by atoms with van der Waals surface area (Å²) in [4.78, 5) is 28.8. The van der Waals surface area contributed by atoms with Crippen LogP contribution in [0.2, 0.25) is 0 Å². The Hall–Kier alpha value is -4.04. The molecule has 6 rings (SSSR count). The Morgan fingerprint density at radius 2 is 1.97 bits per heavy atom. The highest BCUT2D eigenvalue weighted by Crippen LogP contribution is 2.40. The largest absolute Gasteiger partial charge is 0.437 e. The topological polar surface area (TPSA) is 92.3 Å². The average molecular weight is 523 g/mol. The molecule has 2 fully saturated rings. The third kappa shape index (κ3) is 5.04. The van der Waals surface area contributed by atoms with Crippen LogP contribution in [0.4, 0.5) is 11.6 Å². The summed E-state index contributed by atoms with van der Waals surface area (Å²) in [7, 11) is 0. The molecule has 0 aliphatic carbocycles. The summed E-state index contributed by atoms with van der Waals surface area (Å²) in [6.07, 6.45) is 7.48. The average Bonchev–Trinajstić information content (AvgIpc) is 3.35. The number of fused-ring (bicyclic) bond motifs is 1. The van der Waals surface area contributed by atoms with E-state index in [0.717, 1.165) is 84.3 Å². The van der Waals surface area contributed by atoms with Crippen molar-refractivity contribution < 1.29 is 9.53 Å². The van der Waals surface area contributed by atoms with Crippen LogP contribution in [-0.2, 0) is 4.79 Å². The predicted octanol–water partition coefficient (Wildman–Crippen LogP) is 5.72. The normalized spacial score (nSPS) is 19.4. The van der Waals surface area contributed by atoms with Gasteiger partial charge in [0.05, 0.1) is 16.9 Å². The smallest absolute Gasteiger partial charge is 0.230 e. The fourth-order valence-corrected chi connectivity index (χ4v) is 5.65. The number of nitrogens with one attached hydrogen (secondary N) is 2. The maximum atomic E-state index is 13.0. The molecule has 39 heavy (non-hydrogen) atoms. The Balaban J connectivity index is 1.34. The minimum absolute atomic E-state index is 0.0964. The summed E-state index contributed by atoms with van der Waals surface area (Å²) in [6, 6.07) is 16.3. The van der Waals surface area contributed by atoms with Crippen LogP contribution in [0.5, 0.6) is 11.6 Å². The van der Waals surface area contributed by atoms with E-state index in [-0.39, 0.29) is 11.8 Å². The lowest BCUT2D eigenvalue weighted by Crippen LogP contribution is -2.38. The van der Waals surface area contributed by atoms with Crippen LogP contribution >= 0.6 is 0 Å². The quantitative estimate of drug-likeness (QED) is 0.321. The van der Waals surface area contributed by atoms with Gasteiger partial charge in [0.1, 0.15) is 5.75 Å². The third-order valence-electron chi connectivity index (χ3n) is 7.82. The number of anilines is 2. The third-order valence-corrected chi connectivity index (χ3v) is 7.82. The second kappa shape index (κ2) is 11.0. The highest BCUT2D eigenvalue weighted by Gasteiger charge is 2.32. The number of piperidine rings is 1. The van der Waals surface area contributed by atoms with Crippen LogP contribution in [0, 0.1) is 12.8 Å². The number of nitrogens with zero attached hydrogens (tertiary/aromatic N) is 4. The monoisotopic (exact) mass is 522 g/mol. The van der Waals surface area contributed by atoms with Crippen molar-refractivity contribution >= 4 is 28.3 Å². The van der Waals surface area contributed by atoms with Gasteiger partial charge in [-0.1, -0.05) is 31.2 Å². The first kappa shape index (κ1) is 25.2. The molecule has 1 amide bonds. The molecule has 2 atom stereocenters. The van der Waals surface area contributed by atoms with Gasteiger partial charge in [-0.25, -0.2) is 15.0 Å². The Morgan fingerprint density at radius 3 is 2.79 bits per heavy atom. The van der Waals surface area contributed by atoms with Gasteiger partial charge in [0, 0.05) is 48.2 Å². The summed E-state index contributed by atoms with van der Waals surface area (Å²) >= 11 is 0. The van der Waals surface area contributed by atoms with E-state index in [4.69, 9.17) is 9.72 Å². The highest BCUT2D eigenvalue weighted by molar-refractivity contribution is 6.07. The number of hydrogen-bond acceptors (Lipinski definition) is 7. The number of benzene rings is 2. The zero-order valence-electron chi connectivity index (χ0n) is 22.5. The molecule has 200 valence electrons. The van der Waals surface area contributed by atoms with Gasteiger partial charge in [-0.3, -0.25) is 4.79 Å². The number of carbonyl (C=O) groups excluding carboxylic acids is 1. The van der Waals surface area contributed by atoms with Crippen molar-refractivity contribution in [2.45, 2.75) is 45.6 Å². The van der Waals surface area contributed by atoms with E-state index < -0.39 is 0 Å². The zero-order chi connectivity index (χ0) is 26.8. The van der Waals surface area contributed by atoms with E-state index in [1.165, 1.54) is 0 Å². The van der Waals surface area contributed by atoms with Crippen molar-refractivity contribution in [1.29, 1.82) is 0 Å². The highest BCUT2D eigenvalue weighted by atomic mass is 16.5. The maximum Gasteiger partial charge on any atom is 0.230 e. The molecule has 4 aromatic rings. The number of hydrogen-bond donors (Lipinski definition) is 2. The number of aromatic nitrogens is 3. The number of aryl methyl sites for hydroxylation is 1. The van der Waals surface area contributed by atoms with E-state index >= 15 is 0 Å². The van der Waals surface area contributed by atoms with E-state index in [1.54, 1.807) is 12.4 Å². The van der Waals surface area contributed by atoms with E-state index in [0.29, 0.717) is 17.9 Å². The Kier molecular flexibility index (Phi) is 7.11. The van der Waals surface area contributed by atoms with Gasteiger partial charge in [-0.05, 0) is 69.0 Å². The Morgan fingerprint density at radius 1 is 1.05 bits per heavy atom. The molecule has 2 aromatic carbocycles. The molecule has 0 bridgehead atoms. The first-order valence-electron chi connectivity index (χ1n) is 13.9. The van der Waals surface area contributed by atoms with Crippen molar-refractivity contribution in [3.63, 3.8) is 0 Å². The fraction of sp³-hybridized carbons (Fsp3) is 0.355. The number of carbonyl (C=O) groups is 1.